The van der Waals surface area contributed by atoms with Crippen LogP contribution < -0.4 is 0 Å². The van der Waals surface area contributed by atoms with Crippen LogP contribution in [0.3, 0.4) is 0 Å². The molecule has 0 aromatic rings. The average molecular weight is 685 g/mol. The molecule has 0 bridgehead atoms. The monoisotopic (exact) mass is 685 g/mol. The number of carbonyl (C=O) groups is 2. The molecular weight excluding hydrogens is 608 g/mol. The third kappa shape index (κ3) is 38.3. The number of hydrogen-bond donors (Lipinski definition) is 1. The Balaban J connectivity index is 3.52. The van der Waals surface area contributed by atoms with Crippen LogP contribution in [-0.2, 0) is 19.1 Å². The van der Waals surface area contributed by atoms with Gasteiger partial charge in [0.05, 0.1) is 6.61 Å². The first-order valence-corrected chi connectivity index (χ1v) is 20.3. The number of esters is 2. The van der Waals surface area contributed by atoms with Gasteiger partial charge in [0.1, 0.15) is 6.61 Å². The van der Waals surface area contributed by atoms with Gasteiger partial charge in [0.15, 0.2) is 6.10 Å². The molecule has 0 aliphatic rings. The van der Waals surface area contributed by atoms with E-state index in [1.807, 2.05) is 0 Å². The lowest BCUT2D eigenvalue weighted by Gasteiger charge is -2.15. The van der Waals surface area contributed by atoms with Gasteiger partial charge < -0.3 is 14.6 Å². The first-order valence-electron chi connectivity index (χ1n) is 20.3. The summed E-state index contributed by atoms with van der Waals surface area (Å²) in [6.07, 6.45) is 51.5. The van der Waals surface area contributed by atoms with Crippen LogP contribution in [0.4, 0.5) is 0 Å². The minimum Gasteiger partial charge on any atom is -0.462 e. The van der Waals surface area contributed by atoms with E-state index >= 15 is 0 Å². The molecule has 0 radical (unpaired) electrons. The van der Waals surface area contributed by atoms with E-state index in [1.165, 1.54) is 83.5 Å². The maximum atomic E-state index is 12.2. The Labute approximate surface area is 302 Å². The molecule has 0 heterocycles. The Morgan fingerprint density at radius 2 is 0.878 bits per heavy atom. The molecule has 0 fully saturated rings. The molecule has 0 aromatic heterocycles. The van der Waals surface area contributed by atoms with Crippen LogP contribution in [0, 0.1) is 0 Å². The molecule has 49 heavy (non-hydrogen) atoms. The minimum atomic E-state index is -0.775. The topological polar surface area (TPSA) is 72.8 Å². The van der Waals surface area contributed by atoms with Gasteiger partial charge >= 0.3 is 11.9 Å². The number of aliphatic hydroxyl groups is 1. The van der Waals surface area contributed by atoms with E-state index in [9.17, 15) is 14.7 Å². The molecule has 1 atom stereocenters. The highest BCUT2D eigenvalue weighted by atomic mass is 16.6. The van der Waals surface area contributed by atoms with Gasteiger partial charge in [-0.05, 0) is 70.6 Å². The summed E-state index contributed by atoms with van der Waals surface area (Å²) in [6, 6.07) is 0. The highest BCUT2D eigenvalue weighted by molar-refractivity contribution is 5.70. The largest absolute Gasteiger partial charge is 0.462 e. The number of hydrogen-bond acceptors (Lipinski definition) is 5. The summed E-state index contributed by atoms with van der Waals surface area (Å²) in [4.78, 5) is 24.2. The van der Waals surface area contributed by atoms with E-state index in [0.717, 1.165) is 77.0 Å². The van der Waals surface area contributed by atoms with E-state index in [1.54, 1.807) is 0 Å². The second-order valence-corrected chi connectivity index (χ2v) is 13.3. The molecule has 5 nitrogen and oxygen atoms in total. The first-order chi connectivity index (χ1) is 24.1. The van der Waals surface area contributed by atoms with E-state index in [0.29, 0.717) is 12.8 Å². The number of rotatable bonds is 36. The molecule has 0 aromatic carbocycles. The van der Waals surface area contributed by atoms with Crippen molar-refractivity contribution in [3.05, 3.63) is 60.8 Å². The average Bonchev–Trinajstić information content (AvgIpc) is 3.10. The molecule has 0 spiro atoms. The van der Waals surface area contributed by atoms with E-state index in [4.69, 9.17) is 9.47 Å². The predicted octanol–water partition coefficient (Wildman–Crippen LogP) is 12.8. The summed E-state index contributed by atoms with van der Waals surface area (Å²) in [5, 5.41) is 9.54. The van der Waals surface area contributed by atoms with Crippen LogP contribution in [0.25, 0.3) is 0 Å². The summed E-state index contributed by atoms with van der Waals surface area (Å²) < 4.78 is 10.6. The van der Waals surface area contributed by atoms with Crippen LogP contribution in [0.1, 0.15) is 187 Å². The highest BCUT2D eigenvalue weighted by Crippen LogP contribution is 2.14. The summed E-state index contributed by atoms with van der Waals surface area (Å²) in [6.45, 7) is 3.95. The van der Waals surface area contributed by atoms with Crippen molar-refractivity contribution in [2.45, 2.75) is 193 Å². The van der Waals surface area contributed by atoms with Crippen molar-refractivity contribution in [3.8, 4) is 0 Å². The third-order valence-electron chi connectivity index (χ3n) is 8.53. The van der Waals surface area contributed by atoms with Crippen molar-refractivity contribution in [3.63, 3.8) is 0 Å². The molecule has 282 valence electrons. The fourth-order valence-electron chi connectivity index (χ4n) is 5.49. The zero-order valence-corrected chi connectivity index (χ0v) is 31.9. The summed E-state index contributed by atoms with van der Waals surface area (Å²) >= 11 is 0. The smallest absolute Gasteiger partial charge is 0.306 e. The number of carbonyl (C=O) groups excluding carboxylic acids is 2. The maximum absolute atomic E-state index is 12.2. The maximum Gasteiger partial charge on any atom is 0.306 e. The Morgan fingerprint density at radius 3 is 1.35 bits per heavy atom. The molecule has 0 saturated carbocycles. The van der Waals surface area contributed by atoms with Crippen molar-refractivity contribution in [2.24, 2.45) is 0 Å². The molecule has 0 saturated heterocycles. The van der Waals surface area contributed by atoms with Gasteiger partial charge in [0.25, 0.3) is 0 Å². The van der Waals surface area contributed by atoms with Crippen molar-refractivity contribution in [1.29, 1.82) is 0 Å². The zero-order valence-electron chi connectivity index (χ0n) is 31.9. The van der Waals surface area contributed by atoms with Crippen molar-refractivity contribution >= 4 is 11.9 Å². The van der Waals surface area contributed by atoms with E-state index in [-0.39, 0.29) is 25.2 Å². The van der Waals surface area contributed by atoms with E-state index in [2.05, 4.69) is 74.6 Å². The molecule has 0 aliphatic carbocycles. The van der Waals surface area contributed by atoms with Gasteiger partial charge in [0.2, 0.25) is 0 Å². The van der Waals surface area contributed by atoms with Crippen LogP contribution in [-0.4, -0.2) is 36.4 Å². The SMILES string of the molecule is CC/C=C\C/C=C\C/C=C\C/C=C\CCCCCCCCCCCCCCC(=O)OC(CO)COC(=O)CCCCCCC/C=C\CCC. The number of allylic oxidation sites excluding steroid dienone is 10. The Kier molecular flexibility index (Phi) is 38.1. The van der Waals surface area contributed by atoms with Gasteiger partial charge in [0, 0.05) is 12.8 Å². The second-order valence-electron chi connectivity index (χ2n) is 13.3. The molecule has 5 heteroatoms. The quantitative estimate of drug-likeness (QED) is 0.0404. The Hall–Kier alpha value is -2.40. The second kappa shape index (κ2) is 40.0. The fourth-order valence-corrected chi connectivity index (χ4v) is 5.49. The number of unbranched alkanes of at least 4 members (excludes halogenated alkanes) is 18. The number of ether oxygens (including phenoxy) is 2. The Morgan fingerprint density at radius 1 is 0.490 bits per heavy atom. The number of aliphatic hydroxyl groups excluding tert-OH is 1. The lowest BCUT2D eigenvalue weighted by molar-refractivity contribution is -0.161. The van der Waals surface area contributed by atoms with Crippen LogP contribution in [0.5, 0.6) is 0 Å². The molecule has 0 amide bonds. The van der Waals surface area contributed by atoms with Crippen LogP contribution in [0.15, 0.2) is 60.8 Å². The minimum absolute atomic E-state index is 0.0722. The van der Waals surface area contributed by atoms with Gasteiger partial charge in [-0.25, -0.2) is 0 Å². The van der Waals surface area contributed by atoms with Gasteiger partial charge in [-0.1, -0.05) is 164 Å². The summed E-state index contributed by atoms with van der Waals surface area (Å²) in [5.74, 6) is -0.608. The lowest BCUT2D eigenvalue weighted by atomic mass is 10.0. The Bertz CT molecular complexity index is 869. The molecular formula is C44H76O5. The van der Waals surface area contributed by atoms with E-state index < -0.39 is 6.10 Å². The normalized spacial score (nSPS) is 12.8. The summed E-state index contributed by atoms with van der Waals surface area (Å²) in [5.41, 5.74) is 0. The van der Waals surface area contributed by atoms with Crippen molar-refractivity contribution in [1.82, 2.24) is 0 Å². The van der Waals surface area contributed by atoms with Gasteiger partial charge in [-0.15, -0.1) is 0 Å². The first kappa shape index (κ1) is 46.6. The van der Waals surface area contributed by atoms with Crippen LogP contribution in [0.2, 0.25) is 0 Å². The van der Waals surface area contributed by atoms with Gasteiger partial charge in [-0.2, -0.15) is 0 Å². The van der Waals surface area contributed by atoms with Crippen LogP contribution >= 0.6 is 0 Å². The zero-order chi connectivity index (χ0) is 35.7. The molecule has 1 N–H and O–H groups in total. The lowest BCUT2D eigenvalue weighted by Crippen LogP contribution is -2.28. The molecule has 0 aliphatic heterocycles. The standard InChI is InChI=1S/C44H76O5/c1-3-5-7-9-11-13-15-16-17-18-19-20-21-22-23-24-25-26-27-28-29-31-33-35-37-39-44(47)49-42(40-45)41-48-43(46)38-36-34-32-30-14-12-10-8-6-4-2/h5,7-8,10-11,13,16-17,19-20,42,45H,3-4,6,9,12,14-15,18,21-41H2,1-2H3/b7-5-,10-8-,13-11-,17-16-,20-19-. The predicted molar refractivity (Wildman–Crippen MR) is 210 cm³/mol. The molecule has 1 unspecified atom stereocenters. The van der Waals surface area contributed by atoms with Crippen molar-refractivity contribution in [2.75, 3.05) is 13.2 Å². The third-order valence-corrected chi connectivity index (χ3v) is 8.53. The molecule has 0 rings (SSSR count). The fraction of sp³-hybridized carbons (Fsp3) is 0.727. The van der Waals surface area contributed by atoms with Gasteiger partial charge in [-0.3, -0.25) is 9.59 Å². The van der Waals surface area contributed by atoms with Crippen molar-refractivity contribution < 1.29 is 24.2 Å². The highest BCUT2D eigenvalue weighted by Gasteiger charge is 2.16. The summed E-state index contributed by atoms with van der Waals surface area (Å²) in [7, 11) is 0.